The maximum absolute atomic E-state index is 8.60. The van der Waals surface area contributed by atoms with E-state index in [2.05, 4.69) is 20.3 Å². The number of hydrogen-bond donors (Lipinski definition) is 2. The number of aliphatic hydroxyl groups is 1. The van der Waals surface area contributed by atoms with Crippen molar-refractivity contribution in [1.29, 1.82) is 0 Å². The molecule has 0 saturated carbocycles. The molecule has 0 spiro atoms. The van der Waals surface area contributed by atoms with E-state index in [0.717, 1.165) is 11.2 Å². The van der Waals surface area contributed by atoms with Gasteiger partial charge in [0.05, 0.1) is 25.8 Å². The van der Waals surface area contributed by atoms with Crippen molar-refractivity contribution in [2.75, 3.05) is 13.2 Å². The largest absolute Gasteiger partial charge is 0.395 e. The van der Waals surface area contributed by atoms with Crippen LogP contribution in [0.15, 0.2) is 18.9 Å². The van der Waals surface area contributed by atoms with Crippen LogP contribution in [0.1, 0.15) is 0 Å². The van der Waals surface area contributed by atoms with Crippen LogP contribution in [0.4, 0.5) is 0 Å². The summed E-state index contributed by atoms with van der Waals surface area (Å²) in [5.74, 6) is 0. The van der Waals surface area contributed by atoms with Crippen molar-refractivity contribution >= 4 is 11.2 Å². The molecule has 14 heavy (non-hydrogen) atoms. The SMILES string of the molecule is OCCNCn1cnc2cncnc21. The van der Waals surface area contributed by atoms with E-state index >= 15 is 0 Å². The molecule has 74 valence electrons. The summed E-state index contributed by atoms with van der Waals surface area (Å²) < 4.78 is 1.87. The first-order chi connectivity index (χ1) is 6.92. The fourth-order valence-corrected chi connectivity index (χ4v) is 1.21. The van der Waals surface area contributed by atoms with E-state index in [-0.39, 0.29) is 6.61 Å². The van der Waals surface area contributed by atoms with Gasteiger partial charge in [-0.2, -0.15) is 0 Å². The average Bonchev–Trinajstić information content (AvgIpc) is 2.63. The molecule has 2 N–H and O–H groups in total. The molecule has 2 rings (SSSR count). The van der Waals surface area contributed by atoms with E-state index < -0.39 is 0 Å². The molecule has 2 aromatic heterocycles. The van der Waals surface area contributed by atoms with Gasteiger partial charge in [-0.3, -0.25) is 5.32 Å². The molecule has 0 unspecified atom stereocenters. The molecular weight excluding hydrogens is 182 g/mol. The Balaban J connectivity index is 2.17. The number of aromatic nitrogens is 4. The number of aliphatic hydroxyl groups excluding tert-OH is 1. The Bertz CT molecular complexity index is 413. The molecule has 0 aliphatic rings. The lowest BCUT2D eigenvalue weighted by atomic mass is 10.5. The number of rotatable bonds is 4. The van der Waals surface area contributed by atoms with Crippen LogP contribution < -0.4 is 5.32 Å². The number of hydrogen-bond acceptors (Lipinski definition) is 5. The zero-order valence-corrected chi connectivity index (χ0v) is 7.59. The number of fused-ring (bicyclic) bond motifs is 1. The van der Waals surface area contributed by atoms with Crippen molar-refractivity contribution in [3.05, 3.63) is 18.9 Å². The van der Waals surface area contributed by atoms with Crippen molar-refractivity contribution in [2.24, 2.45) is 0 Å². The van der Waals surface area contributed by atoms with Crippen LogP contribution in [0.2, 0.25) is 0 Å². The summed E-state index contributed by atoms with van der Waals surface area (Å²) in [5.41, 5.74) is 1.57. The molecule has 6 nitrogen and oxygen atoms in total. The van der Waals surface area contributed by atoms with Crippen LogP contribution >= 0.6 is 0 Å². The lowest BCUT2D eigenvalue weighted by Crippen LogP contribution is -2.21. The molecule has 2 heterocycles. The van der Waals surface area contributed by atoms with Crippen molar-refractivity contribution in [3.8, 4) is 0 Å². The first-order valence-electron chi connectivity index (χ1n) is 4.34. The second-order valence-electron chi connectivity index (χ2n) is 2.83. The van der Waals surface area contributed by atoms with Crippen LogP contribution in [0.3, 0.4) is 0 Å². The van der Waals surface area contributed by atoms with Crippen LogP contribution in [0, 0.1) is 0 Å². The van der Waals surface area contributed by atoms with Gasteiger partial charge in [0.2, 0.25) is 0 Å². The standard InChI is InChI=1S/C8H11N5O/c14-2-1-9-5-13-6-12-7-3-10-4-11-8(7)13/h3-4,6,9,14H,1-2,5H2. The van der Waals surface area contributed by atoms with Gasteiger partial charge in [0.15, 0.2) is 5.65 Å². The van der Waals surface area contributed by atoms with E-state index in [1.807, 2.05) is 4.57 Å². The molecule has 0 saturated heterocycles. The van der Waals surface area contributed by atoms with Gasteiger partial charge in [0, 0.05) is 6.54 Å². The summed E-state index contributed by atoms with van der Waals surface area (Å²) in [4.78, 5) is 12.1. The molecule has 0 aromatic carbocycles. The van der Waals surface area contributed by atoms with Crippen LogP contribution in [-0.4, -0.2) is 37.8 Å². The van der Waals surface area contributed by atoms with Gasteiger partial charge >= 0.3 is 0 Å². The Morgan fingerprint density at radius 2 is 2.36 bits per heavy atom. The molecule has 0 bridgehead atoms. The maximum Gasteiger partial charge on any atom is 0.164 e. The van der Waals surface area contributed by atoms with Crippen molar-refractivity contribution in [2.45, 2.75) is 6.67 Å². The zero-order chi connectivity index (χ0) is 9.80. The third-order valence-electron chi connectivity index (χ3n) is 1.85. The Morgan fingerprint density at radius 3 is 3.21 bits per heavy atom. The van der Waals surface area contributed by atoms with Crippen molar-refractivity contribution in [3.63, 3.8) is 0 Å². The summed E-state index contributed by atoms with van der Waals surface area (Å²) in [6.07, 6.45) is 4.86. The molecular formula is C8H11N5O. The van der Waals surface area contributed by atoms with Crippen molar-refractivity contribution < 1.29 is 5.11 Å². The van der Waals surface area contributed by atoms with E-state index in [9.17, 15) is 0 Å². The molecule has 0 aliphatic carbocycles. The highest BCUT2D eigenvalue weighted by molar-refractivity contribution is 5.68. The van der Waals surface area contributed by atoms with Gasteiger partial charge in [-0.15, -0.1) is 0 Å². The Labute approximate surface area is 80.6 Å². The summed E-state index contributed by atoms with van der Waals surface area (Å²) >= 11 is 0. The second kappa shape index (κ2) is 4.12. The molecule has 0 radical (unpaired) electrons. The summed E-state index contributed by atoms with van der Waals surface area (Å²) in [6, 6.07) is 0. The Morgan fingerprint density at radius 1 is 1.43 bits per heavy atom. The lowest BCUT2D eigenvalue weighted by Gasteiger charge is -2.03. The number of nitrogens with one attached hydrogen (secondary N) is 1. The van der Waals surface area contributed by atoms with Crippen molar-refractivity contribution in [1.82, 2.24) is 24.8 Å². The van der Waals surface area contributed by atoms with Gasteiger partial charge in [-0.1, -0.05) is 0 Å². The summed E-state index contributed by atoms with van der Waals surface area (Å²) in [5, 5.41) is 11.6. The smallest absolute Gasteiger partial charge is 0.164 e. The molecule has 0 aliphatic heterocycles. The minimum atomic E-state index is 0.127. The minimum absolute atomic E-state index is 0.127. The average molecular weight is 193 g/mol. The monoisotopic (exact) mass is 193 g/mol. The predicted octanol–water partition coefficient (Wildman–Crippen LogP) is -0.634. The Kier molecular flexibility index (Phi) is 2.66. The predicted molar refractivity (Wildman–Crippen MR) is 50.4 cm³/mol. The molecule has 6 heteroatoms. The third kappa shape index (κ3) is 1.70. The first kappa shape index (κ1) is 9.04. The highest BCUT2D eigenvalue weighted by Crippen LogP contribution is 2.05. The molecule has 0 atom stereocenters. The van der Waals surface area contributed by atoms with E-state index in [1.165, 1.54) is 6.33 Å². The Hall–Kier alpha value is -1.53. The molecule has 0 amide bonds. The topological polar surface area (TPSA) is 75.9 Å². The number of imidazole rings is 1. The van der Waals surface area contributed by atoms with Gasteiger partial charge in [-0.05, 0) is 0 Å². The van der Waals surface area contributed by atoms with Crippen LogP contribution in [0.5, 0.6) is 0 Å². The normalized spacial score (nSPS) is 10.9. The van der Waals surface area contributed by atoms with Crippen LogP contribution in [-0.2, 0) is 6.67 Å². The maximum atomic E-state index is 8.60. The van der Waals surface area contributed by atoms with Crippen LogP contribution in [0.25, 0.3) is 11.2 Å². The molecule has 0 fully saturated rings. The highest BCUT2D eigenvalue weighted by Gasteiger charge is 2.01. The van der Waals surface area contributed by atoms with Gasteiger partial charge in [0.25, 0.3) is 0 Å². The van der Waals surface area contributed by atoms with Gasteiger partial charge in [0.1, 0.15) is 11.8 Å². The minimum Gasteiger partial charge on any atom is -0.395 e. The highest BCUT2D eigenvalue weighted by atomic mass is 16.3. The lowest BCUT2D eigenvalue weighted by molar-refractivity contribution is 0.287. The summed E-state index contributed by atoms with van der Waals surface area (Å²) in [6.45, 7) is 1.28. The fraction of sp³-hybridized carbons (Fsp3) is 0.375. The molecule has 2 aromatic rings. The first-order valence-corrected chi connectivity index (χ1v) is 4.34. The fourth-order valence-electron chi connectivity index (χ4n) is 1.21. The van der Waals surface area contributed by atoms with E-state index in [0.29, 0.717) is 13.2 Å². The summed E-state index contributed by atoms with van der Waals surface area (Å²) in [7, 11) is 0. The zero-order valence-electron chi connectivity index (χ0n) is 7.59. The van der Waals surface area contributed by atoms with E-state index in [4.69, 9.17) is 5.11 Å². The van der Waals surface area contributed by atoms with E-state index in [1.54, 1.807) is 12.5 Å². The third-order valence-corrected chi connectivity index (χ3v) is 1.85. The number of nitrogens with zero attached hydrogens (tertiary/aromatic N) is 4. The quantitative estimate of drug-likeness (QED) is 0.632. The van der Waals surface area contributed by atoms with Gasteiger partial charge in [-0.25, -0.2) is 15.0 Å². The second-order valence-corrected chi connectivity index (χ2v) is 2.83. The van der Waals surface area contributed by atoms with Gasteiger partial charge < -0.3 is 9.67 Å².